The topological polar surface area (TPSA) is 32.3 Å². The van der Waals surface area contributed by atoms with E-state index in [1.54, 1.807) is 6.07 Å². The van der Waals surface area contributed by atoms with Gasteiger partial charge in [-0.25, -0.2) is 0 Å². The molecular formula is C18H27NO. The van der Waals surface area contributed by atoms with Crippen LogP contribution in [0.4, 0.5) is 0 Å². The molecule has 0 heterocycles. The van der Waals surface area contributed by atoms with Crippen molar-refractivity contribution in [3.05, 3.63) is 29.8 Å². The van der Waals surface area contributed by atoms with E-state index in [1.165, 1.54) is 24.8 Å². The van der Waals surface area contributed by atoms with Crippen LogP contribution < -0.4 is 5.32 Å². The van der Waals surface area contributed by atoms with Gasteiger partial charge in [-0.1, -0.05) is 32.9 Å². The van der Waals surface area contributed by atoms with Gasteiger partial charge in [0.1, 0.15) is 5.75 Å². The van der Waals surface area contributed by atoms with E-state index in [9.17, 15) is 5.11 Å². The minimum atomic E-state index is 0.291. The summed E-state index contributed by atoms with van der Waals surface area (Å²) in [5.74, 6) is 1.22. The zero-order valence-corrected chi connectivity index (χ0v) is 13.1. The quantitative estimate of drug-likeness (QED) is 0.862. The first-order valence-electron chi connectivity index (χ1n) is 7.89. The molecule has 3 rings (SSSR count). The summed E-state index contributed by atoms with van der Waals surface area (Å²) in [4.78, 5) is 0. The highest BCUT2D eigenvalue weighted by atomic mass is 16.3. The van der Waals surface area contributed by atoms with Crippen LogP contribution in [0.1, 0.15) is 58.6 Å². The van der Waals surface area contributed by atoms with Crippen molar-refractivity contribution < 1.29 is 5.11 Å². The lowest BCUT2D eigenvalue weighted by atomic mass is 9.69. The Labute approximate surface area is 122 Å². The number of phenolic OH excluding ortho intramolecular Hbond substituents is 1. The number of hydrogen-bond donors (Lipinski definition) is 2. The maximum absolute atomic E-state index is 9.63. The number of phenols is 1. The van der Waals surface area contributed by atoms with Gasteiger partial charge in [0, 0.05) is 12.1 Å². The first-order valence-corrected chi connectivity index (χ1v) is 7.89. The van der Waals surface area contributed by atoms with Gasteiger partial charge < -0.3 is 10.4 Å². The van der Waals surface area contributed by atoms with Gasteiger partial charge in [0.15, 0.2) is 0 Å². The molecule has 2 fully saturated rings. The molecule has 1 aromatic rings. The van der Waals surface area contributed by atoms with Crippen LogP contribution in [-0.4, -0.2) is 11.1 Å². The molecule has 2 saturated carbocycles. The van der Waals surface area contributed by atoms with Crippen molar-refractivity contribution >= 4 is 0 Å². The second-order valence-corrected chi connectivity index (χ2v) is 7.65. The third kappa shape index (κ3) is 1.88. The molecule has 2 heteroatoms. The Morgan fingerprint density at radius 2 is 2.05 bits per heavy atom. The van der Waals surface area contributed by atoms with Crippen molar-refractivity contribution in [2.45, 2.75) is 59.0 Å². The third-order valence-corrected chi connectivity index (χ3v) is 6.62. The van der Waals surface area contributed by atoms with Gasteiger partial charge >= 0.3 is 0 Å². The van der Waals surface area contributed by atoms with Gasteiger partial charge in [-0.05, 0) is 60.6 Å². The number of aromatic hydroxyl groups is 1. The molecule has 2 aliphatic carbocycles. The fraction of sp³-hybridized carbons (Fsp3) is 0.667. The Hall–Kier alpha value is -1.02. The average molecular weight is 273 g/mol. The number of nitrogens with one attached hydrogen (secondary N) is 1. The van der Waals surface area contributed by atoms with Gasteiger partial charge in [0.2, 0.25) is 0 Å². The molecule has 1 aromatic carbocycles. The summed E-state index contributed by atoms with van der Waals surface area (Å²) in [5.41, 5.74) is 2.03. The standard InChI is InChI=1S/C18H27NO/c1-12(13-6-5-7-15(20)10-13)19-16-11-14-8-9-18(16,4)17(14,2)3/h5-7,10,12,14,16,19-20H,8-9,11H2,1-4H3. The van der Waals surface area contributed by atoms with Crippen molar-refractivity contribution in [3.8, 4) is 5.75 Å². The molecule has 2 N–H and O–H groups in total. The molecule has 0 aliphatic heterocycles. The average Bonchev–Trinajstić information content (AvgIpc) is 2.72. The molecule has 0 spiro atoms. The van der Waals surface area contributed by atoms with Crippen molar-refractivity contribution in [2.24, 2.45) is 16.7 Å². The molecule has 0 amide bonds. The normalized spacial score (nSPS) is 36.2. The number of fused-ring (bicyclic) bond motifs is 2. The highest BCUT2D eigenvalue weighted by Crippen LogP contribution is 2.65. The SMILES string of the molecule is CC(NC1CC2CCC1(C)C2(C)C)c1cccc(O)c1. The summed E-state index contributed by atoms with van der Waals surface area (Å²) >= 11 is 0. The Kier molecular flexibility index (Phi) is 3.13. The summed E-state index contributed by atoms with van der Waals surface area (Å²) in [6.45, 7) is 9.57. The fourth-order valence-corrected chi connectivity index (χ4v) is 4.65. The fourth-order valence-electron chi connectivity index (χ4n) is 4.65. The van der Waals surface area contributed by atoms with Crippen molar-refractivity contribution in [1.82, 2.24) is 5.32 Å². The third-order valence-electron chi connectivity index (χ3n) is 6.62. The van der Waals surface area contributed by atoms with Gasteiger partial charge in [0.05, 0.1) is 0 Å². The molecule has 2 bridgehead atoms. The summed E-state index contributed by atoms with van der Waals surface area (Å²) in [6.07, 6.45) is 4.03. The Balaban J connectivity index is 1.76. The van der Waals surface area contributed by atoms with E-state index in [1.807, 2.05) is 12.1 Å². The van der Waals surface area contributed by atoms with E-state index in [2.05, 4.69) is 39.1 Å². The molecule has 4 atom stereocenters. The summed E-state index contributed by atoms with van der Waals surface area (Å²) in [6, 6.07) is 8.51. The van der Waals surface area contributed by atoms with E-state index >= 15 is 0 Å². The molecule has 20 heavy (non-hydrogen) atoms. The summed E-state index contributed by atoms with van der Waals surface area (Å²) in [7, 11) is 0. The second kappa shape index (κ2) is 4.49. The Bertz CT molecular complexity index is 510. The first-order chi connectivity index (χ1) is 9.34. The largest absolute Gasteiger partial charge is 0.508 e. The summed E-state index contributed by atoms with van der Waals surface area (Å²) in [5, 5.41) is 13.5. The minimum Gasteiger partial charge on any atom is -0.508 e. The molecule has 2 aliphatic rings. The maximum atomic E-state index is 9.63. The summed E-state index contributed by atoms with van der Waals surface area (Å²) < 4.78 is 0. The van der Waals surface area contributed by atoms with Crippen molar-refractivity contribution in [2.75, 3.05) is 0 Å². The van der Waals surface area contributed by atoms with Crippen LogP contribution in [0.3, 0.4) is 0 Å². The lowest BCUT2D eigenvalue weighted by Crippen LogP contribution is -2.45. The molecule has 0 saturated heterocycles. The number of hydrogen-bond acceptors (Lipinski definition) is 2. The Morgan fingerprint density at radius 1 is 1.30 bits per heavy atom. The van der Waals surface area contributed by atoms with Crippen LogP contribution in [-0.2, 0) is 0 Å². The lowest BCUT2D eigenvalue weighted by molar-refractivity contribution is 0.116. The van der Waals surface area contributed by atoms with Crippen LogP contribution in [0.2, 0.25) is 0 Å². The lowest BCUT2D eigenvalue weighted by Gasteiger charge is -2.40. The van der Waals surface area contributed by atoms with Crippen LogP contribution in [0.5, 0.6) is 5.75 Å². The van der Waals surface area contributed by atoms with E-state index in [-0.39, 0.29) is 0 Å². The predicted molar refractivity (Wildman–Crippen MR) is 82.7 cm³/mol. The highest BCUT2D eigenvalue weighted by Gasteiger charge is 2.61. The minimum absolute atomic E-state index is 0.291. The van der Waals surface area contributed by atoms with E-state index in [4.69, 9.17) is 0 Å². The molecule has 0 radical (unpaired) electrons. The van der Waals surface area contributed by atoms with Gasteiger partial charge in [-0.15, -0.1) is 0 Å². The zero-order chi connectivity index (χ0) is 14.5. The monoisotopic (exact) mass is 273 g/mol. The molecule has 110 valence electrons. The Morgan fingerprint density at radius 3 is 2.60 bits per heavy atom. The van der Waals surface area contributed by atoms with Crippen LogP contribution in [0, 0.1) is 16.7 Å². The molecule has 0 aromatic heterocycles. The van der Waals surface area contributed by atoms with E-state index in [0.717, 1.165) is 5.92 Å². The van der Waals surface area contributed by atoms with Crippen molar-refractivity contribution in [3.63, 3.8) is 0 Å². The number of benzene rings is 1. The van der Waals surface area contributed by atoms with E-state index < -0.39 is 0 Å². The van der Waals surface area contributed by atoms with Crippen LogP contribution in [0.25, 0.3) is 0 Å². The van der Waals surface area contributed by atoms with E-state index in [0.29, 0.717) is 28.7 Å². The molecule has 2 nitrogen and oxygen atoms in total. The highest BCUT2D eigenvalue weighted by molar-refractivity contribution is 5.29. The van der Waals surface area contributed by atoms with Gasteiger partial charge in [-0.3, -0.25) is 0 Å². The number of rotatable bonds is 3. The van der Waals surface area contributed by atoms with Gasteiger partial charge in [-0.2, -0.15) is 0 Å². The van der Waals surface area contributed by atoms with Gasteiger partial charge in [0.25, 0.3) is 0 Å². The smallest absolute Gasteiger partial charge is 0.115 e. The zero-order valence-electron chi connectivity index (χ0n) is 13.1. The van der Waals surface area contributed by atoms with Crippen molar-refractivity contribution in [1.29, 1.82) is 0 Å². The van der Waals surface area contributed by atoms with Crippen LogP contribution >= 0.6 is 0 Å². The first kappa shape index (κ1) is 13.9. The second-order valence-electron chi connectivity index (χ2n) is 7.65. The molecular weight excluding hydrogens is 246 g/mol. The maximum Gasteiger partial charge on any atom is 0.115 e. The van der Waals surface area contributed by atoms with Crippen LogP contribution in [0.15, 0.2) is 24.3 Å². The molecule has 4 unspecified atom stereocenters. The predicted octanol–water partition coefficient (Wildman–Crippen LogP) is 4.26.